The molecule has 0 radical (unpaired) electrons. The summed E-state index contributed by atoms with van der Waals surface area (Å²) in [7, 11) is 0. The van der Waals surface area contributed by atoms with Gasteiger partial charge in [-0.2, -0.15) is 0 Å². The van der Waals surface area contributed by atoms with Crippen LogP contribution in [0.25, 0.3) is 6.08 Å². The average Bonchev–Trinajstić information content (AvgIpc) is 2.71. The second-order valence-corrected chi connectivity index (χ2v) is 7.09. The van der Waals surface area contributed by atoms with Gasteiger partial charge in [-0.1, -0.05) is 24.3 Å². The Kier molecular flexibility index (Phi) is 4.80. The maximum atomic E-state index is 12.9. The Bertz CT molecular complexity index is 587. The van der Waals surface area contributed by atoms with Crippen LogP contribution in [-0.4, -0.2) is 35.0 Å². The minimum absolute atomic E-state index is 0.232. The number of ether oxygens (including phenoxy) is 2. The van der Waals surface area contributed by atoms with Gasteiger partial charge < -0.3 is 9.47 Å². The molecule has 1 atom stereocenters. The van der Waals surface area contributed by atoms with E-state index in [1.54, 1.807) is 17.0 Å². The van der Waals surface area contributed by atoms with Crippen molar-refractivity contribution >= 4 is 12.2 Å². The van der Waals surface area contributed by atoms with E-state index >= 15 is 0 Å². The molecule has 1 heterocycles. The Balaban J connectivity index is 2.16. The summed E-state index contributed by atoms with van der Waals surface area (Å²) in [4.78, 5) is 14.1. The lowest BCUT2D eigenvalue weighted by molar-refractivity contribution is -0.0610. The molecule has 0 aromatic heterocycles. The Morgan fingerprint density at radius 3 is 2.52 bits per heavy atom. The zero-order valence-electron chi connectivity index (χ0n) is 14.3. The number of rotatable bonds is 2. The number of amides is 1. The van der Waals surface area contributed by atoms with E-state index in [1.165, 1.54) is 12.1 Å². The Morgan fingerprint density at radius 1 is 1.35 bits per heavy atom. The molecule has 5 heteroatoms. The van der Waals surface area contributed by atoms with Crippen LogP contribution in [0.2, 0.25) is 0 Å². The molecule has 0 N–H and O–H groups in total. The van der Waals surface area contributed by atoms with Crippen molar-refractivity contribution in [3.05, 3.63) is 41.7 Å². The number of nitrogens with zero attached hydrogens (tertiary/aromatic N) is 1. The highest BCUT2D eigenvalue weighted by Crippen LogP contribution is 2.30. The van der Waals surface area contributed by atoms with Crippen molar-refractivity contribution in [2.75, 3.05) is 6.61 Å². The molecule has 1 aliphatic rings. The summed E-state index contributed by atoms with van der Waals surface area (Å²) < 4.78 is 24.1. The summed E-state index contributed by atoms with van der Waals surface area (Å²) in [6.07, 6.45) is 3.33. The smallest absolute Gasteiger partial charge is 0.413 e. The first kappa shape index (κ1) is 17.5. The maximum absolute atomic E-state index is 12.9. The van der Waals surface area contributed by atoms with Crippen molar-refractivity contribution in [3.8, 4) is 0 Å². The van der Waals surface area contributed by atoms with Gasteiger partial charge in [-0.25, -0.2) is 9.18 Å². The molecular weight excluding hydrogens is 297 g/mol. The van der Waals surface area contributed by atoms with E-state index in [0.29, 0.717) is 6.61 Å². The summed E-state index contributed by atoms with van der Waals surface area (Å²) in [6, 6.07) is 5.95. The van der Waals surface area contributed by atoms with E-state index in [1.807, 2.05) is 46.8 Å². The molecule has 0 aliphatic carbocycles. The zero-order chi connectivity index (χ0) is 17.3. The lowest BCUT2D eigenvalue weighted by atomic mass is 10.1. The SMILES string of the molecule is CC(C)(C)OC(=O)N1C(C=Cc2ccc(F)cc2)COC1(C)C. The van der Waals surface area contributed by atoms with Gasteiger partial charge in [0, 0.05) is 0 Å². The van der Waals surface area contributed by atoms with Crippen molar-refractivity contribution in [3.63, 3.8) is 0 Å². The standard InChI is InChI=1S/C18H24FNO3/c1-17(2,3)23-16(21)20-15(12-22-18(20,4)5)11-8-13-6-9-14(19)10-7-13/h6-11,15H,12H2,1-5H3. The Morgan fingerprint density at radius 2 is 1.96 bits per heavy atom. The van der Waals surface area contributed by atoms with Crippen LogP contribution in [0.3, 0.4) is 0 Å². The largest absolute Gasteiger partial charge is 0.444 e. The maximum Gasteiger partial charge on any atom is 0.413 e. The van der Waals surface area contributed by atoms with Gasteiger partial charge >= 0.3 is 6.09 Å². The summed E-state index contributed by atoms with van der Waals surface area (Å²) >= 11 is 0. The monoisotopic (exact) mass is 321 g/mol. The van der Waals surface area contributed by atoms with Crippen LogP contribution in [0.4, 0.5) is 9.18 Å². The normalized spacial score (nSPS) is 21.0. The first-order valence-corrected chi connectivity index (χ1v) is 7.68. The third-order valence-corrected chi connectivity index (χ3v) is 3.49. The molecule has 4 nitrogen and oxygen atoms in total. The molecule has 1 unspecified atom stereocenters. The first-order chi connectivity index (χ1) is 10.6. The molecule has 2 rings (SSSR count). The summed E-state index contributed by atoms with van der Waals surface area (Å²) in [5.41, 5.74) is -0.443. The second-order valence-electron chi connectivity index (χ2n) is 7.09. The number of carbonyl (C=O) groups excluding carboxylic acids is 1. The molecule has 1 fully saturated rings. The summed E-state index contributed by atoms with van der Waals surface area (Å²) in [5.74, 6) is -0.275. The topological polar surface area (TPSA) is 38.8 Å². The third-order valence-electron chi connectivity index (χ3n) is 3.49. The molecule has 23 heavy (non-hydrogen) atoms. The van der Waals surface area contributed by atoms with E-state index in [9.17, 15) is 9.18 Å². The lowest BCUT2D eigenvalue weighted by Gasteiger charge is -2.34. The first-order valence-electron chi connectivity index (χ1n) is 7.68. The van der Waals surface area contributed by atoms with Crippen LogP contribution in [-0.2, 0) is 9.47 Å². The number of hydrogen-bond donors (Lipinski definition) is 0. The molecule has 1 aromatic rings. The molecule has 0 saturated carbocycles. The van der Waals surface area contributed by atoms with Crippen LogP contribution in [0, 0.1) is 5.82 Å². The predicted molar refractivity (Wildman–Crippen MR) is 87.3 cm³/mol. The van der Waals surface area contributed by atoms with Gasteiger partial charge in [0.05, 0.1) is 12.6 Å². The number of benzene rings is 1. The van der Waals surface area contributed by atoms with Gasteiger partial charge in [0.1, 0.15) is 17.1 Å². The lowest BCUT2D eigenvalue weighted by Crippen LogP contribution is -2.49. The molecule has 126 valence electrons. The fourth-order valence-electron chi connectivity index (χ4n) is 2.44. The van der Waals surface area contributed by atoms with Crippen molar-refractivity contribution < 1.29 is 18.7 Å². The zero-order valence-corrected chi connectivity index (χ0v) is 14.3. The van der Waals surface area contributed by atoms with E-state index in [0.717, 1.165) is 5.56 Å². The summed E-state index contributed by atoms with van der Waals surface area (Å²) in [5, 5.41) is 0. The molecule has 0 spiro atoms. The van der Waals surface area contributed by atoms with E-state index in [4.69, 9.17) is 9.47 Å². The summed E-state index contributed by atoms with van der Waals surface area (Å²) in [6.45, 7) is 9.56. The predicted octanol–water partition coefficient (Wildman–Crippen LogP) is 4.21. The second kappa shape index (κ2) is 6.32. The number of halogens is 1. The molecule has 1 aromatic carbocycles. The fraction of sp³-hybridized carbons (Fsp3) is 0.500. The van der Waals surface area contributed by atoms with Crippen LogP contribution in [0.15, 0.2) is 30.3 Å². The van der Waals surface area contributed by atoms with Gasteiger partial charge in [-0.15, -0.1) is 0 Å². The minimum atomic E-state index is -0.736. The van der Waals surface area contributed by atoms with Gasteiger partial charge in [-0.05, 0) is 52.3 Å². The van der Waals surface area contributed by atoms with Crippen LogP contribution >= 0.6 is 0 Å². The van der Waals surface area contributed by atoms with Crippen LogP contribution < -0.4 is 0 Å². The van der Waals surface area contributed by atoms with Crippen LogP contribution in [0.1, 0.15) is 40.2 Å². The highest BCUT2D eigenvalue weighted by molar-refractivity contribution is 5.70. The van der Waals surface area contributed by atoms with Crippen LogP contribution in [0.5, 0.6) is 0 Å². The molecular formula is C18H24FNO3. The highest BCUT2D eigenvalue weighted by Gasteiger charge is 2.44. The third kappa shape index (κ3) is 4.55. The highest BCUT2D eigenvalue weighted by atomic mass is 19.1. The van der Waals surface area contributed by atoms with E-state index in [-0.39, 0.29) is 11.9 Å². The quantitative estimate of drug-likeness (QED) is 0.819. The van der Waals surface area contributed by atoms with Gasteiger partial charge in [0.15, 0.2) is 0 Å². The average molecular weight is 321 g/mol. The number of hydrogen-bond acceptors (Lipinski definition) is 3. The molecule has 1 saturated heterocycles. The molecule has 1 aliphatic heterocycles. The Labute approximate surface area is 136 Å². The number of carbonyl (C=O) groups is 1. The van der Waals surface area contributed by atoms with Crippen molar-refractivity contribution in [1.82, 2.24) is 4.90 Å². The van der Waals surface area contributed by atoms with Gasteiger partial charge in [0.2, 0.25) is 0 Å². The minimum Gasteiger partial charge on any atom is -0.444 e. The fourth-order valence-corrected chi connectivity index (χ4v) is 2.44. The van der Waals surface area contributed by atoms with E-state index < -0.39 is 17.4 Å². The van der Waals surface area contributed by atoms with E-state index in [2.05, 4.69) is 0 Å². The van der Waals surface area contributed by atoms with Crippen molar-refractivity contribution in [2.45, 2.75) is 52.0 Å². The van der Waals surface area contributed by atoms with Crippen molar-refractivity contribution in [1.29, 1.82) is 0 Å². The van der Waals surface area contributed by atoms with Crippen molar-refractivity contribution in [2.24, 2.45) is 0 Å². The van der Waals surface area contributed by atoms with Gasteiger partial charge in [-0.3, -0.25) is 4.90 Å². The molecule has 1 amide bonds. The molecule has 0 bridgehead atoms. The Hall–Kier alpha value is -1.88. The van der Waals surface area contributed by atoms with Gasteiger partial charge in [0.25, 0.3) is 0 Å².